The summed E-state index contributed by atoms with van der Waals surface area (Å²) in [6, 6.07) is 12.5. The molecule has 0 unspecified atom stereocenters. The third kappa shape index (κ3) is 5.25. The van der Waals surface area contributed by atoms with Crippen LogP contribution in [-0.2, 0) is 0 Å². The Morgan fingerprint density at radius 2 is 1.88 bits per heavy atom. The van der Waals surface area contributed by atoms with E-state index in [1.54, 1.807) is 28.9 Å². The van der Waals surface area contributed by atoms with Crippen molar-refractivity contribution in [1.82, 2.24) is 15.1 Å². The third-order valence-corrected chi connectivity index (χ3v) is 4.93. The molecule has 0 aliphatic heterocycles. The van der Waals surface area contributed by atoms with E-state index < -0.39 is 5.54 Å². The van der Waals surface area contributed by atoms with E-state index in [1.807, 2.05) is 39.0 Å². The lowest BCUT2D eigenvalue weighted by Crippen LogP contribution is -2.40. The molecule has 1 amide bonds. The molecule has 166 valence electrons. The zero-order valence-corrected chi connectivity index (χ0v) is 19.8. The molecule has 3 N–H and O–H groups in total. The maximum atomic E-state index is 13.0. The second-order valence-corrected chi connectivity index (χ2v) is 8.87. The predicted molar refractivity (Wildman–Crippen MR) is 129 cm³/mol. The number of halogens is 2. The summed E-state index contributed by atoms with van der Waals surface area (Å²) in [5.74, 6) is 5.73. The van der Waals surface area contributed by atoms with Crippen molar-refractivity contribution in [3.63, 3.8) is 0 Å². The molecule has 0 bridgehead atoms. The molecular weight excluding hydrogens is 447 g/mol. The standard InChI is InChI=1S/C24H24Cl2N4O2/c1-24(2,3)28-23(31)20-22(32-4)21(16-8-10-17(25)11-9-16)30(29-20)19-12-7-15(6-5-13-27)14-18(19)26/h7-12,14H,13,27H2,1-4H3,(H,28,31). The number of hydrogen-bond acceptors (Lipinski definition) is 4. The van der Waals surface area contributed by atoms with Gasteiger partial charge in [0.05, 0.1) is 24.4 Å². The molecule has 0 fully saturated rings. The largest absolute Gasteiger partial charge is 0.492 e. The van der Waals surface area contributed by atoms with Gasteiger partial charge in [-0.25, -0.2) is 4.68 Å². The molecule has 6 nitrogen and oxygen atoms in total. The van der Waals surface area contributed by atoms with Gasteiger partial charge in [0.15, 0.2) is 11.4 Å². The van der Waals surface area contributed by atoms with Crippen LogP contribution in [0.2, 0.25) is 10.0 Å². The smallest absolute Gasteiger partial charge is 0.276 e. The van der Waals surface area contributed by atoms with E-state index in [1.165, 1.54) is 7.11 Å². The van der Waals surface area contributed by atoms with Crippen LogP contribution in [0.4, 0.5) is 0 Å². The van der Waals surface area contributed by atoms with Gasteiger partial charge in [-0.3, -0.25) is 4.79 Å². The maximum Gasteiger partial charge on any atom is 0.276 e. The normalized spacial score (nSPS) is 11.0. The van der Waals surface area contributed by atoms with Gasteiger partial charge < -0.3 is 15.8 Å². The Balaban J connectivity index is 2.24. The molecule has 0 aliphatic rings. The van der Waals surface area contributed by atoms with Crippen LogP contribution >= 0.6 is 23.2 Å². The first-order chi connectivity index (χ1) is 15.1. The minimum absolute atomic E-state index is 0.149. The van der Waals surface area contributed by atoms with Gasteiger partial charge in [0.2, 0.25) is 0 Å². The van der Waals surface area contributed by atoms with Crippen molar-refractivity contribution in [1.29, 1.82) is 0 Å². The third-order valence-electron chi connectivity index (χ3n) is 4.38. The minimum atomic E-state index is -0.451. The first kappa shape index (κ1) is 23.7. The molecule has 3 rings (SSSR count). The quantitative estimate of drug-likeness (QED) is 0.541. The Labute approximate surface area is 197 Å². The zero-order chi connectivity index (χ0) is 23.5. The molecule has 1 aromatic heterocycles. The van der Waals surface area contributed by atoms with Crippen molar-refractivity contribution in [2.75, 3.05) is 13.7 Å². The summed E-state index contributed by atoms with van der Waals surface area (Å²) >= 11 is 12.7. The maximum absolute atomic E-state index is 13.0. The predicted octanol–water partition coefficient (Wildman–Crippen LogP) is 4.69. The van der Waals surface area contributed by atoms with E-state index in [0.29, 0.717) is 27.2 Å². The molecule has 2 aromatic carbocycles. The molecule has 0 spiro atoms. The van der Waals surface area contributed by atoms with Gasteiger partial charge in [0, 0.05) is 21.7 Å². The highest BCUT2D eigenvalue weighted by Gasteiger charge is 2.28. The monoisotopic (exact) mass is 470 g/mol. The lowest BCUT2D eigenvalue weighted by Gasteiger charge is -2.19. The molecule has 3 aromatic rings. The lowest BCUT2D eigenvalue weighted by molar-refractivity contribution is 0.0911. The van der Waals surface area contributed by atoms with Gasteiger partial charge in [0.1, 0.15) is 5.69 Å². The van der Waals surface area contributed by atoms with Crippen LogP contribution in [0.5, 0.6) is 5.75 Å². The topological polar surface area (TPSA) is 82.2 Å². The van der Waals surface area contributed by atoms with Crippen LogP contribution in [0.25, 0.3) is 16.9 Å². The van der Waals surface area contributed by atoms with Gasteiger partial charge in [-0.05, 0) is 51.1 Å². The SMILES string of the molecule is COc1c(C(=O)NC(C)(C)C)nn(-c2ccc(C#CCN)cc2Cl)c1-c1ccc(Cl)cc1. The Kier molecular flexibility index (Phi) is 7.15. The first-order valence-corrected chi connectivity index (χ1v) is 10.6. The van der Waals surface area contributed by atoms with E-state index in [4.69, 9.17) is 33.7 Å². The van der Waals surface area contributed by atoms with Crippen molar-refractivity contribution in [3.8, 4) is 34.5 Å². The van der Waals surface area contributed by atoms with E-state index >= 15 is 0 Å². The summed E-state index contributed by atoms with van der Waals surface area (Å²) in [6.07, 6.45) is 0. The number of benzene rings is 2. The minimum Gasteiger partial charge on any atom is -0.492 e. The number of amides is 1. The highest BCUT2D eigenvalue weighted by molar-refractivity contribution is 6.32. The number of carbonyl (C=O) groups is 1. The fourth-order valence-electron chi connectivity index (χ4n) is 3.09. The summed E-state index contributed by atoms with van der Waals surface area (Å²) in [5, 5.41) is 8.53. The molecule has 0 atom stereocenters. The number of nitrogens with one attached hydrogen (secondary N) is 1. The number of ether oxygens (including phenoxy) is 1. The van der Waals surface area contributed by atoms with Crippen molar-refractivity contribution in [2.24, 2.45) is 5.73 Å². The van der Waals surface area contributed by atoms with Crippen LogP contribution in [0, 0.1) is 11.8 Å². The highest BCUT2D eigenvalue weighted by Crippen LogP contribution is 2.37. The molecule has 0 radical (unpaired) electrons. The summed E-state index contributed by atoms with van der Waals surface area (Å²) in [6.45, 7) is 5.94. The van der Waals surface area contributed by atoms with Crippen LogP contribution in [0.1, 0.15) is 36.8 Å². The average molecular weight is 471 g/mol. The van der Waals surface area contributed by atoms with Gasteiger partial charge >= 0.3 is 0 Å². The molecule has 1 heterocycles. The van der Waals surface area contributed by atoms with E-state index in [2.05, 4.69) is 22.3 Å². The molecule has 0 saturated carbocycles. The number of hydrogen-bond donors (Lipinski definition) is 2. The molecule has 0 aliphatic carbocycles. The number of methoxy groups -OCH3 is 1. The van der Waals surface area contributed by atoms with Crippen molar-refractivity contribution < 1.29 is 9.53 Å². The molecule has 8 heteroatoms. The summed E-state index contributed by atoms with van der Waals surface area (Å²) < 4.78 is 7.26. The fraction of sp³-hybridized carbons (Fsp3) is 0.250. The number of nitrogens with zero attached hydrogens (tertiary/aromatic N) is 2. The molecule has 32 heavy (non-hydrogen) atoms. The summed E-state index contributed by atoms with van der Waals surface area (Å²) in [5.41, 5.74) is 7.78. The molecule has 0 saturated heterocycles. The summed E-state index contributed by atoms with van der Waals surface area (Å²) in [4.78, 5) is 13.0. The Morgan fingerprint density at radius 3 is 2.44 bits per heavy atom. The lowest BCUT2D eigenvalue weighted by atomic mass is 10.1. The molecular formula is C24H24Cl2N4O2. The Morgan fingerprint density at radius 1 is 1.19 bits per heavy atom. The second kappa shape index (κ2) is 9.66. The van der Waals surface area contributed by atoms with Crippen molar-refractivity contribution in [2.45, 2.75) is 26.3 Å². The van der Waals surface area contributed by atoms with Crippen molar-refractivity contribution in [3.05, 3.63) is 63.8 Å². The van der Waals surface area contributed by atoms with Crippen molar-refractivity contribution >= 4 is 29.1 Å². The fourth-order valence-corrected chi connectivity index (χ4v) is 3.48. The van der Waals surface area contributed by atoms with Gasteiger partial charge in [-0.2, -0.15) is 5.10 Å². The van der Waals surface area contributed by atoms with Gasteiger partial charge in [-0.15, -0.1) is 0 Å². The van der Waals surface area contributed by atoms with E-state index in [-0.39, 0.29) is 18.1 Å². The highest BCUT2D eigenvalue weighted by atomic mass is 35.5. The number of aromatic nitrogens is 2. The number of nitrogens with two attached hydrogens (primary N) is 1. The van der Waals surface area contributed by atoms with Crippen LogP contribution in [0.3, 0.4) is 0 Å². The average Bonchev–Trinajstić information content (AvgIpc) is 3.11. The van der Waals surface area contributed by atoms with Gasteiger partial charge in [-0.1, -0.05) is 47.2 Å². The number of rotatable bonds is 4. The number of carbonyl (C=O) groups excluding carboxylic acids is 1. The van der Waals surface area contributed by atoms with E-state index in [0.717, 1.165) is 11.1 Å². The van der Waals surface area contributed by atoms with Crippen LogP contribution in [0.15, 0.2) is 42.5 Å². The Bertz CT molecular complexity index is 1200. The van der Waals surface area contributed by atoms with Crippen LogP contribution < -0.4 is 15.8 Å². The second-order valence-electron chi connectivity index (χ2n) is 8.03. The van der Waals surface area contributed by atoms with Crippen LogP contribution in [-0.4, -0.2) is 34.9 Å². The van der Waals surface area contributed by atoms with E-state index in [9.17, 15) is 4.79 Å². The Hall–Kier alpha value is -2.98. The summed E-state index contributed by atoms with van der Waals surface area (Å²) in [7, 11) is 1.50. The zero-order valence-electron chi connectivity index (χ0n) is 18.3. The first-order valence-electron chi connectivity index (χ1n) is 9.89. The van der Waals surface area contributed by atoms with Gasteiger partial charge in [0.25, 0.3) is 5.91 Å².